The second-order valence-corrected chi connectivity index (χ2v) is 11.0. The van der Waals surface area contributed by atoms with E-state index in [1.165, 1.54) is 33.8 Å². The molecule has 2 aromatic carbocycles. The largest absolute Gasteiger partial charge is 0.497 e. The normalized spacial score (nSPS) is 17.6. The van der Waals surface area contributed by atoms with Gasteiger partial charge in [-0.15, -0.1) is 11.3 Å². The number of anilines is 1. The maximum Gasteiger partial charge on any atom is 0.322 e. The number of urea groups is 1. The van der Waals surface area contributed by atoms with Gasteiger partial charge in [0.15, 0.2) is 11.5 Å². The maximum atomic E-state index is 14.2. The first kappa shape index (κ1) is 23.2. The standard InChI is InChI=1S/C30H29N3O4S/c1-35-21-7-4-6-19(16-21)28-24-9-5-13-32(24)29-23(22-8-2-3-10-27(22)38-29)18-33(28)30(34)31-20-11-12-25-26(17-20)37-15-14-36-25/h4-7,9,11-13,16-17,28H,2-3,8,10,14-15,18H2,1H3,(H,31,34). The Balaban J connectivity index is 1.33. The minimum absolute atomic E-state index is 0.161. The van der Waals surface area contributed by atoms with Crippen molar-refractivity contribution in [1.82, 2.24) is 9.47 Å². The first-order valence-electron chi connectivity index (χ1n) is 13.1. The van der Waals surface area contributed by atoms with Crippen LogP contribution in [0.15, 0.2) is 60.8 Å². The second kappa shape index (κ2) is 9.44. The molecule has 194 valence electrons. The number of ether oxygens (including phenoxy) is 3. The Labute approximate surface area is 225 Å². The highest BCUT2D eigenvalue weighted by Crippen LogP contribution is 2.44. The van der Waals surface area contributed by atoms with Gasteiger partial charge in [0.05, 0.1) is 25.4 Å². The summed E-state index contributed by atoms with van der Waals surface area (Å²) < 4.78 is 19.3. The number of rotatable bonds is 3. The van der Waals surface area contributed by atoms with Gasteiger partial charge < -0.3 is 29.0 Å². The lowest BCUT2D eigenvalue weighted by atomic mass is 9.95. The van der Waals surface area contributed by atoms with Crippen LogP contribution in [0, 0.1) is 0 Å². The van der Waals surface area contributed by atoms with Crippen molar-refractivity contribution in [3.05, 3.63) is 88.1 Å². The van der Waals surface area contributed by atoms with Gasteiger partial charge in [-0.25, -0.2) is 4.79 Å². The SMILES string of the molecule is COc1cccc(C2c3cccn3-c3sc4c(c3CN2C(=O)Nc2ccc3c(c2)OCCO3)CCCC4)c1. The summed E-state index contributed by atoms with van der Waals surface area (Å²) in [4.78, 5) is 17.6. The summed E-state index contributed by atoms with van der Waals surface area (Å²) in [5.74, 6) is 2.12. The highest BCUT2D eigenvalue weighted by atomic mass is 32.1. The van der Waals surface area contributed by atoms with Crippen LogP contribution >= 0.6 is 11.3 Å². The Morgan fingerprint density at radius 2 is 1.87 bits per heavy atom. The molecule has 1 N–H and O–H groups in total. The van der Waals surface area contributed by atoms with Gasteiger partial charge in [0.1, 0.15) is 24.0 Å². The Morgan fingerprint density at radius 1 is 1.00 bits per heavy atom. The van der Waals surface area contributed by atoms with Gasteiger partial charge in [0.2, 0.25) is 0 Å². The van der Waals surface area contributed by atoms with E-state index in [9.17, 15) is 4.79 Å². The van der Waals surface area contributed by atoms with Gasteiger partial charge in [-0.3, -0.25) is 0 Å². The van der Waals surface area contributed by atoms with Crippen molar-refractivity contribution in [2.75, 3.05) is 25.6 Å². The zero-order chi connectivity index (χ0) is 25.6. The van der Waals surface area contributed by atoms with Gasteiger partial charge in [-0.05, 0) is 73.2 Å². The first-order valence-corrected chi connectivity index (χ1v) is 13.9. The molecule has 1 aliphatic carbocycles. The van der Waals surface area contributed by atoms with E-state index in [-0.39, 0.29) is 12.1 Å². The maximum absolute atomic E-state index is 14.2. The molecule has 4 aromatic rings. The fourth-order valence-corrected chi connectivity index (χ4v) is 7.27. The molecule has 38 heavy (non-hydrogen) atoms. The monoisotopic (exact) mass is 527 g/mol. The van der Waals surface area contributed by atoms with Crippen LogP contribution in [-0.4, -0.2) is 35.8 Å². The minimum Gasteiger partial charge on any atom is -0.497 e. The molecule has 3 aliphatic rings. The number of aryl methyl sites for hydroxylation is 1. The summed E-state index contributed by atoms with van der Waals surface area (Å²) in [7, 11) is 1.67. The van der Waals surface area contributed by atoms with Gasteiger partial charge in [0.25, 0.3) is 0 Å². The van der Waals surface area contributed by atoms with E-state index in [4.69, 9.17) is 14.2 Å². The van der Waals surface area contributed by atoms with Crippen LogP contribution < -0.4 is 19.5 Å². The van der Waals surface area contributed by atoms with E-state index in [1.54, 1.807) is 7.11 Å². The van der Waals surface area contributed by atoms with Crippen LogP contribution in [0.4, 0.5) is 10.5 Å². The van der Waals surface area contributed by atoms with E-state index >= 15 is 0 Å². The Hall–Kier alpha value is -3.91. The summed E-state index contributed by atoms with van der Waals surface area (Å²) in [5.41, 5.74) is 5.44. The molecule has 8 heteroatoms. The summed E-state index contributed by atoms with van der Waals surface area (Å²) >= 11 is 1.89. The third-order valence-corrected chi connectivity index (χ3v) is 8.98. The molecule has 0 bridgehead atoms. The molecule has 2 aliphatic heterocycles. The molecule has 7 rings (SSSR count). The summed E-state index contributed by atoms with van der Waals surface area (Å²) in [6.07, 6.45) is 6.74. The molecule has 0 spiro atoms. The predicted octanol–water partition coefficient (Wildman–Crippen LogP) is 6.33. The molecule has 0 saturated carbocycles. The minimum atomic E-state index is -0.295. The van der Waals surface area contributed by atoms with E-state index < -0.39 is 0 Å². The molecule has 1 atom stereocenters. The quantitative estimate of drug-likeness (QED) is 0.338. The smallest absolute Gasteiger partial charge is 0.322 e. The number of amides is 2. The third kappa shape index (κ3) is 3.91. The number of nitrogens with zero attached hydrogens (tertiary/aromatic N) is 2. The predicted molar refractivity (Wildman–Crippen MR) is 147 cm³/mol. The van der Waals surface area contributed by atoms with Gasteiger partial charge in [0, 0.05) is 28.4 Å². The number of thiophene rings is 1. The van der Waals surface area contributed by atoms with Crippen molar-refractivity contribution in [2.45, 2.75) is 38.3 Å². The van der Waals surface area contributed by atoms with Crippen LogP contribution in [-0.2, 0) is 19.4 Å². The molecular weight excluding hydrogens is 498 g/mol. The number of benzene rings is 2. The second-order valence-electron chi connectivity index (χ2n) is 9.89. The number of hydrogen-bond acceptors (Lipinski definition) is 5. The van der Waals surface area contributed by atoms with E-state index in [0.717, 1.165) is 29.8 Å². The highest BCUT2D eigenvalue weighted by molar-refractivity contribution is 7.15. The van der Waals surface area contributed by atoms with Crippen molar-refractivity contribution in [3.8, 4) is 22.2 Å². The van der Waals surface area contributed by atoms with E-state index in [0.29, 0.717) is 36.9 Å². The molecule has 0 fully saturated rings. The zero-order valence-electron chi connectivity index (χ0n) is 21.2. The molecule has 1 unspecified atom stereocenters. The number of methoxy groups -OCH3 is 1. The average molecular weight is 528 g/mol. The summed E-state index contributed by atoms with van der Waals surface area (Å²) in [5, 5.41) is 4.39. The Kier molecular flexibility index (Phi) is 5.77. The molecule has 0 radical (unpaired) electrons. The van der Waals surface area contributed by atoms with Crippen molar-refractivity contribution in [3.63, 3.8) is 0 Å². The molecule has 2 amide bonds. The number of hydrogen-bond donors (Lipinski definition) is 1. The fraction of sp³-hybridized carbons (Fsp3) is 0.300. The van der Waals surface area contributed by atoms with Crippen molar-refractivity contribution in [1.29, 1.82) is 0 Å². The lowest BCUT2D eigenvalue weighted by Crippen LogP contribution is -2.38. The average Bonchev–Trinajstić information content (AvgIpc) is 3.55. The van der Waals surface area contributed by atoms with Crippen LogP contribution in [0.2, 0.25) is 0 Å². The molecule has 2 aromatic heterocycles. The van der Waals surface area contributed by atoms with Crippen LogP contribution in [0.1, 0.15) is 46.1 Å². The van der Waals surface area contributed by atoms with E-state index in [2.05, 4.69) is 34.3 Å². The third-order valence-electron chi connectivity index (χ3n) is 7.64. The van der Waals surface area contributed by atoms with Crippen LogP contribution in [0.3, 0.4) is 0 Å². The topological polar surface area (TPSA) is 65.0 Å². The Morgan fingerprint density at radius 3 is 2.76 bits per heavy atom. The summed E-state index contributed by atoms with van der Waals surface area (Å²) in [6.45, 7) is 1.56. The zero-order valence-corrected chi connectivity index (χ0v) is 22.1. The fourth-order valence-electron chi connectivity index (χ4n) is 5.87. The number of carbonyl (C=O) groups is 1. The van der Waals surface area contributed by atoms with Gasteiger partial charge in [-0.2, -0.15) is 0 Å². The van der Waals surface area contributed by atoms with E-state index in [1.807, 2.05) is 52.6 Å². The van der Waals surface area contributed by atoms with Crippen molar-refractivity contribution in [2.24, 2.45) is 0 Å². The first-order chi connectivity index (χ1) is 18.7. The Bertz CT molecular complexity index is 1520. The van der Waals surface area contributed by atoms with Crippen molar-refractivity contribution >= 4 is 23.1 Å². The highest BCUT2D eigenvalue weighted by Gasteiger charge is 2.36. The van der Waals surface area contributed by atoms with Gasteiger partial charge in [-0.1, -0.05) is 12.1 Å². The lowest BCUT2D eigenvalue weighted by Gasteiger charge is -2.31. The molecule has 4 heterocycles. The number of aromatic nitrogens is 1. The van der Waals surface area contributed by atoms with Crippen LogP contribution in [0.25, 0.3) is 5.00 Å². The number of fused-ring (bicyclic) bond motifs is 6. The summed E-state index contributed by atoms with van der Waals surface area (Å²) in [6, 6.07) is 17.3. The number of nitrogens with one attached hydrogen (secondary N) is 1. The van der Waals surface area contributed by atoms with Gasteiger partial charge >= 0.3 is 6.03 Å². The molecule has 7 nitrogen and oxygen atoms in total. The number of carbonyl (C=O) groups excluding carboxylic acids is 1. The lowest BCUT2D eigenvalue weighted by molar-refractivity contribution is 0.171. The molecule has 0 saturated heterocycles. The van der Waals surface area contributed by atoms with Crippen molar-refractivity contribution < 1.29 is 19.0 Å². The molecular formula is C30H29N3O4S. The van der Waals surface area contributed by atoms with Crippen LogP contribution in [0.5, 0.6) is 17.2 Å².